The Hall–Kier alpha value is -3.28. The van der Waals surface area contributed by atoms with Gasteiger partial charge in [0.25, 0.3) is 5.91 Å². The highest BCUT2D eigenvalue weighted by Crippen LogP contribution is 2.30. The summed E-state index contributed by atoms with van der Waals surface area (Å²) in [5, 5.41) is 14.8. The van der Waals surface area contributed by atoms with Crippen LogP contribution < -0.4 is 10.1 Å². The number of carbonyl (C=O) groups excluding carboxylic acids is 1. The fraction of sp³-hybridized carbons (Fsp3) is 0.333. The van der Waals surface area contributed by atoms with Gasteiger partial charge in [-0.2, -0.15) is 18.3 Å². The van der Waals surface area contributed by atoms with E-state index >= 15 is 0 Å². The molecule has 3 rings (SSSR count). The number of hydrogen-bond acceptors (Lipinski definition) is 5. The lowest BCUT2D eigenvalue weighted by molar-refractivity contribution is -0.142. The Morgan fingerprint density at radius 2 is 2.03 bits per heavy atom. The minimum absolute atomic E-state index is 0. The summed E-state index contributed by atoms with van der Waals surface area (Å²) in [6.07, 6.45) is -2.46. The molecule has 0 saturated heterocycles. The number of carbonyl (C=O) groups is 2. The van der Waals surface area contributed by atoms with Crippen LogP contribution >= 0.6 is 12.4 Å². The van der Waals surface area contributed by atoms with Gasteiger partial charge in [0.2, 0.25) is 0 Å². The summed E-state index contributed by atoms with van der Waals surface area (Å²) in [5.41, 5.74) is -1.26. The molecule has 0 fully saturated rings. The largest absolute Gasteiger partial charge is 0.490 e. The third kappa shape index (κ3) is 4.90. The van der Waals surface area contributed by atoms with Crippen LogP contribution in [-0.2, 0) is 12.7 Å². The number of aromatic nitrogens is 4. The molecular weight excluding hydrogens is 443 g/mol. The molecule has 0 aliphatic carbocycles. The number of nitrogens with one attached hydrogen (secondary N) is 1. The van der Waals surface area contributed by atoms with Gasteiger partial charge >= 0.3 is 12.1 Å². The maximum atomic E-state index is 12.9. The van der Waals surface area contributed by atoms with Gasteiger partial charge in [-0.05, 0) is 26.0 Å². The van der Waals surface area contributed by atoms with Crippen molar-refractivity contribution in [2.24, 2.45) is 0 Å². The molecular formula is C18H19ClF3N5O4. The van der Waals surface area contributed by atoms with Crippen molar-refractivity contribution in [1.82, 2.24) is 24.5 Å². The summed E-state index contributed by atoms with van der Waals surface area (Å²) in [5.74, 6) is -1.71. The molecule has 0 aliphatic rings. The van der Waals surface area contributed by atoms with Gasteiger partial charge in [0, 0.05) is 18.9 Å². The number of fused-ring (bicyclic) bond motifs is 1. The van der Waals surface area contributed by atoms with Gasteiger partial charge in [-0.1, -0.05) is 0 Å². The third-order valence-electron chi connectivity index (χ3n) is 4.19. The second-order valence-corrected chi connectivity index (χ2v) is 6.26. The van der Waals surface area contributed by atoms with E-state index in [1.165, 1.54) is 0 Å². The van der Waals surface area contributed by atoms with Crippen molar-refractivity contribution in [2.45, 2.75) is 26.6 Å². The molecule has 168 valence electrons. The van der Waals surface area contributed by atoms with Crippen LogP contribution in [0, 0.1) is 6.92 Å². The molecule has 13 heteroatoms. The predicted molar refractivity (Wildman–Crippen MR) is 105 cm³/mol. The Bertz CT molecular complexity index is 1110. The van der Waals surface area contributed by atoms with E-state index in [4.69, 9.17) is 9.84 Å². The van der Waals surface area contributed by atoms with E-state index in [1.807, 2.05) is 6.92 Å². The lowest BCUT2D eigenvalue weighted by atomic mass is 10.2. The summed E-state index contributed by atoms with van der Waals surface area (Å²) in [6, 6.07) is 3.43. The van der Waals surface area contributed by atoms with Crippen LogP contribution in [0.25, 0.3) is 5.65 Å². The van der Waals surface area contributed by atoms with Gasteiger partial charge in [-0.3, -0.25) is 13.9 Å². The molecule has 0 aromatic carbocycles. The van der Waals surface area contributed by atoms with Gasteiger partial charge in [-0.15, -0.1) is 12.4 Å². The van der Waals surface area contributed by atoms with E-state index in [0.717, 1.165) is 10.9 Å². The Kier molecular flexibility index (Phi) is 7.16. The van der Waals surface area contributed by atoms with Gasteiger partial charge in [0.05, 0.1) is 18.8 Å². The van der Waals surface area contributed by atoms with Crippen LogP contribution in [0.5, 0.6) is 5.75 Å². The number of imidazole rings is 1. The zero-order chi connectivity index (χ0) is 22.1. The molecule has 0 radical (unpaired) electrons. The Labute approximate surface area is 180 Å². The van der Waals surface area contributed by atoms with Crippen LogP contribution in [0.15, 0.2) is 24.5 Å². The van der Waals surface area contributed by atoms with Crippen molar-refractivity contribution in [3.8, 4) is 5.75 Å². The lowest BCUT2D eigenvalue weighted by Gasteiger charge is -2.08. The average molecular weight is 462 g/mol. The first kappa shape index (κ1) is 24.0. The number of carboxylic acid groups (broad SMARTS) is 1. The molecule has 31 heavy (non-hydrogen) atoms. The third-order valence-corrected chi connectivity index (χ3v) is 4.19. The van der Waals surface area contributed by atoms with E-state index in [2.05, 4.69) is 15.4 Å². The van der Waals surface area contributed by atoms with E-state index in [1.54, 1.807) is 29.7 Å². The van der Waals surface area contributed by atoms with E-state index in [-0.39, 0.29) is 31.2 Å². The van der Waals surface area contributed by atoms with Crippen molar-refractivity contribution in [1.29, 1.82) is 0 Å². The molecule has 0 saturated carbocycles. The lowest BCUT2D eigenvalue weighted by Crippen LogP contribution is -2.29. The molecule has 1 amide bonds. The first-order valence-electron chi connectivity index (χ1n) is 8.90. The number of carboxylic acids is 1. The second-order valence-electron chi connectivity index (χ2n) is 6.26. The second kappa shape index (κ2) is 9.25. The molecule has 3 aromatic rings. The standard InChI is InChI=1S/C18H18F3N5O4.ClH/c1-3-30-12-5-4-7-26-13(10(2)23-15(12)26)16(27)22-6-8-25-9-11(17(28)29)14(24-25)18(19,20)21;/h4-5,7,9H,3,6,8H2,1-2H3,(H,22,27)(H,28,29);1H. The van der Waals surface area contributed by atoms with Crippen molar-refractivity contribution in [3.63, 3.8) is 0 Å². The molecule has 0 aliphatic heterocycles. The fourth-order valence-corrected chi connectivity index (χ4v) is 2.97. The molecule has 3 aromatic heterocycles. The summed E-state index contributed by atoms with van der Waals surface area (Å²) in [6.45, 7) is 3.67. The highest BCUT2D eigenvalue weighted by atomic mass is 35.5. The topological polar surface area (TPSA) is 111 Å². The maximum absolute atomic E-state index is 12.9. The average Bonchev–Trinajstić information content (AvgIpc) is 3.23. The quantitative estimate of drug-likeness (QED) is 0.559. The van der Waals surface area contributed by atoms with E-state index in [9.17, 15) is 22.8 Å². The summed E-state index contributed by atoms with van der Waals surface area (Å²) in [4.78, 5) is 28.0. The number of ether oxygens (including phenoxy) is 1. The number of halogens is 4. The monoisotopic (exact) mass is 461 g/mol. The minimum Gasteiger partial charge on any atom is -0.490 e. The maximum Gasteiger partial charge on any atom is 0.436 e. The predicted octanol–water partition coefficient (Wildman–Crippen LogP) is 2.81. The Morgan fingerprint density at radius 3 is 2.61 bits per heavy atom. The van der Waals surface area contributed by atoms with Gasteiger partial charge in [-0.25, -0.2) is 9.78 Å². The molecule has 2 N–H and O–H groups in total. The molecule has 0 bridgehead atoms. The Balaban J connectivity index is 0.00000341. The number of nitrogens with zero attached hydrogens (tertiary/aromatic N) is 4. The first-order chi connectivity index (χ1) is 14.1. The van der Waals surface area contributed by atoms with Crippen LogP contribution in [0.4, 0.5) is 13.2 Å². The van der Waals surface area contributed by atoms with Gasteiger partial charge < -0.3 is 15.2 Å². The summed E-state index contributed by atoms with van der Waals surface area (Å²) >= 11 is 0. The number of pyridine rings is 1. The zero-order valence-corrected chi connectivity index (χ0v) is 17.3. The minimum atomic E-state index is -4.89. The van der Waals surface area contributed by atoms with Crippen LogP contribution in [0.2, 0.25) is 0 Å². The fourth-order valence-electron chi connectivity index (χ4n) is 2.97. The number of hydrogen-bond donors (Lipinski definition) is 2. The van der Waals surface area contributed by atoms with Crippen molar-refractivity contribution < 1.29 is 32.6 Å². The van der Waals surface area contributed by atoms with Crippen molar-refractivity contribution in [2.75, 3.05) is 13.2 Å². The smallest absolute Gasteiger partial charge is 0.436 e. The molecule has 0 spiro atoms. The molecule has 3 heterocycles. The number of aryl methyl sites for hydroxylation is 1. The SMILES string of the molecule is CCOc1cccn2c(C(=O)NCCn3cc(C(=O)O)c(C(F)(F)F)n3)c(C)nc12.Cl. The van der Waals surface area contributed by atoms with Gasteiger partial charge in [0.15, 0.2) is 17.1 Å². The number of amides is 1. The summed E-state index contributed by atoms with van der Waals surface area (Å²) in [7, 11) is 0. The van der Waals surface area contributed by atoms with Gasteiger partial charge in [0.1, 0.15) is 11.3 Å². The number of aromatic carboxylic acids is 1. The van der Waals surface area contributed by atoms with Crippen molar-refractivity contribution >= 4 is 29.9 Å². The normalized spacial score (nSPS) is 11.3. The van der Waals surface area contributed by atoms with E-state index < -0.39 is 29.3 Å². The highest BCUT2D eigenvalue weighted by molar-refractivity contribution is 5.95. The molecule has 0 unspecified atom stereocenters. The summed E-state index contributed by atoms with van der Waals surface area (Å²) < 4.78 is 46.6. The number of rotatable bonds is 7. The van der Waals surface area contributed by atoms with Crippen LogP contribution in [-0.4, -0.2) is 49.3 Å². The van der Waals surface area contributed by atoms with Crippen LogP contribution in [0.1, 0.15) is 39.2 Å². The van der Waals surface area contributed by atoms with Crippen LogP contribution in [0.3, 0.4) is 0 Å². The molecule has 9 nitrogen and oxygen atoms in total. The van der Waals surface area contributed by atoms with Crippen molar-refractivity contribution in [3.05, 3.63) is 47.2 Å². The number of alkyl halides is 3. The highest BCUT2D eigenvalue weighted by Gasteiger charge is 2.39. The zero-order valence-electron chi connectivity index (χ0n) is 16.4. The Morgan fingerprint density at radius 1 is 1.32 bits per heavy atom. The molecule has 0 atom stereocenters. The first-order valence-corrected chi connectivity index (χ1v) is 8.90. The van der Waals surface area contributed by atoms with E-state index in [0.29, 0.717) is 23.7 Å².